The first-order valence-electron chi connectivity index (χ1n) is 7.30. The Morgan fingerprint density at radius 2 is 1.84 bits per heavy atom. The third-order valence-corrected chi connectivity index (χ3v) is 4.69. The van der Waals surface area contributed by atoms with Crippen molar-refractivity contribution in [2.75, 3.05) is 40.3 Å². The van der Waals surface area contributed by atoms with Gasteiger partial charge in [-0.1, -0.05) is 30.3 Å². The number of nitrogens with two attached hydrogens (primary N) is 1. The molecule has 1 fully saturated rings. The van der Waals surface area contributed by atoms with Crippen molar-refractivity contribution in [3.05, 3.63) is 35.9 Å². The Balaban J connectivity index is 1.92. The van der Waals surface area contributed by atoms with E-state index in [9.17, 15) is 0 Å². The van der Waals surface area contributed by atoms with Crippen molar-refractivity contribution in [1.29, 1.82) is 0 Å². The highest BCUT2D eigenvalue weighted by atomic mass is 15.2. The van der Waals surface area contributed by atoms with Crippen molar-refractivity contribution in [3.8, 4) is 0 Å². The first-order chi connectivity index (χ1) is 9.16. The molecular weight excluding hydrogens is 234 g/mol. The van der Waals surface area contributed by atoms with Crippen LogP contribution in [0.3, 0.4) is 0 Å². The van der Waals surface area contributed by atoms with Gasteiger partial charge in [0.25, 0.3) is 0 Å². The average molecular weight is 261 g/mol. The largest absolute Gasteiger partial charge is 0.329 e. The summed E-state index contributed by atoms with van der Waals surface area (Å²) in [6.07, 6.45) is 3.48. The third kappa shape index (κ3) is 3.56. The molecule has 2 rings (SSSR count). The zero-order valence-corrected chi connectivity index (χ0v) is 12.3. The molecule has 0 aliphatic carbocycles. The van der Waals surface area contributed by atoms with Crippen LogP contribution in [0.1, 0.15) is 18.4 Å². The Labute approximate surface area is 117 Å². The Kier molecular flexibility index (Phi) is 4.97. The van der Waals surface area contributed by atoms with E-state index >= 15 is 0 Å². The lowest BCUT2D eigenvalue weighted by atomic mass is 9.86. The summed E-state index contributed by atoms with van der Waals surface area (Å²) in [5.74, 6) is 0. The number of hydrogen-bond donors (Lipinski definition) is 1. The van der Waals surface area contributed by atoms with E-state index in [1.54, 1.807) is 0 Å². The summed E-state index contributed by atoms with van der Waals surface area (Å²) in [4.78, 5) is 4.89. The Morgan fingerprint density at radius 1 is 1.21 bits per heavy atom. The van der Waals surface area contributed by atoms with E-state index in [4.69, 9.17) is 5.73 Å². The van der Waals surface area contributed by atoms with E-state index < -0.39 is 0 Å². The summed E-state index contributed by atoms with van der Waals surface area (Å²) in [6.45, 7) is 4.18. The van der Waals surface area contributed by atoms with Crippen LogP contribution in [0.25, 0.3) is 0 Å². The maximum absolute atomic E-state index is 6.09. The molecule has 106 valence electrons. The second kappa shape index (κ2) is 6.51. The molecule has 1 aromatic rings. The van der Waals surface area contributed by atoms with Gasteiger partial charge in [-0.15, -0.1) is 0 Å². The SMILES string of the molecule is CN1CCC(CN)(N(C)CCc2ccccc2)CC1. The van der Waals surface area contributed by atoms with Crippen molar-refractivity contribution in [2.45, 2.75) is 24.8 Å². The quantitative estimate of drug-likeness (QED) is 0.873. The van der Waals surface area contributed by atoms with Gasteiger partial charge in [0, 0.05) is 18.6 Å². The normalized spacial score (nSPS) is 19.8. The van der Waals surface area contributed by atoms with Gasteiger partial charge < -0.3 is 10.6 Å². The average Bonchev–Trinajstić information content (AvgIpc) is 2.47. The van der Waals surface area contributed by atoms with E-state index in [1.807, 2.05) is 0 Å². The highest BCUT2D eigenvalue weighted by Gasteiger charge is 2.35. The Morgan fingerprint density at radius 3 is 2.42 bits per heavy atom. The van der Waals surface area contributed by atoms with Gasteiger partial charge in [-0.25, -0.2) is 0 Å². The van der Waals surface area contributed by atoms with E-state index in [0.717, 1.165) is 32.6 Å². The summed E-state index contributed by atoms with van der Waals surface area (Å²) in [5, 5.41) is 0. The molecule has 2 N–H and O–H groups in total. The Bertz CT molecular complexity index is 369. The summed E-state index contributed by atoms with van der Waals surface area (Å²) in [7, 11) is 4.44. The maximum atomic E-state index is 6.09. The second-order valence-electron chi connectivity index (χ2n) is 5.89. The Hall–Kier alpha value is -0.900. The summed E-state index contributed by atoms with van der Waals surface area (Å²) < 4.78 is 0. The lowest BCUT2D eigenvalue weighted by molar-refractivity contribution is 0.0549. The van der Waals surface area contributed by atoms with Gasteiger partial charge in [0.2, 0.25) is 0 Å². The fourth-order valence-corrected chi connectivity index (χ4v) is 2.96. The number of nitrogens with zero attached hydrogens (tertiary/aromatic N) is 2. The first kappa shape index (κ1) is 14.5. The van der Waals surface area contributed by atoms with Gasteiger partial charge in [0.15, 0.2) is 0 Å². The van der Waals surface area contributed by atoms with Crippen LogP contribution in [-0.4, -0.2) is 55.6 Å². The number of likely N-dealkylation sites (N-methyl/N-ethyl adjacent to an activating group) is 1. The van der Waals surface area contributed by atoms with Crippen molar-refractivity contribution >= 4 is 0 Å². The van der Waals surface area contributed by atoms with Crippen molar-refractivity contribution in [1.82, 2.24) is 9.80 Å². The van der Waals surface area contributed by atoms with Crippen LogP contribution in [0.4, 0.5) is 0 Å². The minimum Gasteiger partial charge on any atom is -0.329 e. The fourth-order valence-electron chi connectivity index (χ4n) is 2.96. The van der Waals surface area contributed by atoms with Gasteiger partial charge in [-0.05, 0) is 52.0 Å². The number of rotatable bonds is 5. The zero-order valence-electron chi connectivity index (χ0n) is 12.3. The monoisotopic (exact) mass is 261 g/mol. The molecule has 0 bridgehead atoms. The van der Waals surface area contributed by atoms with Crippen molar-refractivity contribution in [3.63, 3.8) is 0 Å². The lowest BCUT2D eigenvalue weighted by Gasteiger charge is -2.46. The highest BCUT2D eigenvalue weighted by Crippen LogP contribution is 2.26. The fraction of sp³-hybridized carbons (Fsp3) is 0.625. The zero-order chi connectivity index (χ0) is 13.7. The van der Waals surface area contributed by atoms with Gasteiger partial charge in [0.05, 0.1) is 0 Å². The number of benzene rings is 1. The van der Waals surface area contributed by atoms with Crippen molar-refractivity contribution in [2.24, 2.45) is 5.73 Å². The third-order valence-electron chi connectivity index (χ3n) is 4.69. The van der Waals surface area contributed by atoms with Gasteiger partial charge >= 0.3 is 0 Å². The molecule has 1 aromatic carbocycles. The molecule has 0 radical (unpaired) electrons. The molecule has 1 saturated heterocycles. The predicted octanol–water partition coefficient (Wildman–Crippen LogP) is 1.58. The summed E-state index contributed by atoms with van der Waals surface area (Å²) >= 11 is 0. The van der Waals surface area contributed by atoms with E-state index in [0.29, 0.717) is 0 Å². The number of piperidine rings is 1. The topological polar surface area (TPSA) is 32.5 Å². The van der Waals surface area contributed by atoms with Gasteiger partial charge in [-0.3, -0.25) is 4.90 Å². The lowest BCUT2D eigenvalue weighted by Crippen LogP contribution is -2.58. The standard InChI is InChI=1S/C16H27N3/c1-18-12-9-16(14-17,10-13-18)19(2)11-8-15-6-4-3-5-7-15/h3-7H,8-14,17H2,1-2H3. The van der Waals surface area contributed by atoms with Crippen LogP contribution in [0.5, 0.6) is 0 Å². The van der Waals surface area contributed by atoms with E-state index in [-0.39, 0.29) is 5.54 Å². The second-order valence-corrected chi connectivity index (χ2v) is 5.89. The van der Waals surface area contributed by atoms with Crippen molar-refractivity contribution < 1.29 is 0 Å². The smallest absolute Gasteiger partial charge is 0.0353 e. The molecule has 3 heteroatoms. The molecule has 0 unspecified atom stereocenters. The summed E-state index contributed by atoms with van der Waals surface area (Å²) in [6, 6.07) is 10.7. The maximum Gasteiger partial charge on any atom is 0.0353 e. The molecule has 3 nitrogen and oxygen atoms in total. The molecular formula is C16H27N3. The predicted molar refractivity (Wildman–Crippen MR) is 81.3 cm³/mol. The van der Waals surface area contributed by atoms with Crippen LogP contribution < -0.4 is 5.73 Å². The van der Waals surface area contributed by atoms with Gasteiger partial charge in [-0.2, -0.15) is 0 Å². The molecule has 1 aliphatic rings. The van der Waals surface area contributed by atoms with E-state index in [1.165, 1.54) is 18.4 Å². The van der Waals surface area contributed by atoms with E-state index in [2.05, 4.69) is 54.2 Å². The number of likely N-dealkylation sites (tertiary alicyclic amines) is 1. The van der Waals surface area contributed by atoms with Crippen LogP contribution in [-0.2, 0) is 6.42 Å². The summed E-state index contributed by atoms with van der Waals surface area (Å²) in [5.41, 5.74) is 7.71. The van der Waals surface area contributed by atoms with Crippen LogP contribution >= 0.6 is 0 Å². The molecule has 0 atom stereocenters. The molecule has 0 saturated carbocycles. The molecule has 19 heavy (non-hydrogen) atoms. The van der Waals surface area contributed by atoms with Crippen LogP contribution in [0, 0.1) is 0 Å². The molecule has 1 heterocycles. The minimum atomic E-state index is 0.210. The molecule has 1 aliphatic heterocycles. The van der Waals surface area contributed by atoms with Crippen LogP contribution in [0.2, 0.25) is 0 Å². The highest BCUT2D eigenvalue weighted by molar-refractivity contribution is 5.15. The van der Waals surface area contributed by atoms with Crippen LogP contribution in [0.15, 0.2) is 30.3 Å². The number of hydrogen-bond acceptors (Lipinski definition) is 3. The molecule has 0 amide bonds. The molecule has 0 spiro atoms. The molecule has 0 aromatic heterocycles. The first-order valence-corrected chi connectivity index (χ1v) is 7.30. The van der Waals surface area contributed by atoms with Gasteiger partial charge in [0.1, 0.15) is 0 Å². The minimum absolute atomic E-state index is 0.210.